The molecule has 1 aromatic heterocycles. The second-order valence-corrected chi connectivity index (χ2v) is 6.14. The molecule has 0 aliphatic carbocycles. The molecule has 0 saturated carbocycles. The first-order valence-corrected chi connectivity index (χ1v) is 7.92. The average molecular weight is 361 g/mol. The molecule has 1 aromatic rings. The zero-order valence-corrected chi connectivity index (χ0v) is 15.1. The van der Waals surface area contributed by atoms with Crippen molar-refractivity contribution >= 4 is 36.5 Å². The second-order valence-electron chi connectivity index (χ2n) is 6.14. The van der Waals surface area contributed by atoms with Crippen LogP contribution in [0.3, 0.4) is 0 Å². The van der Waals surface area contributed by atoms with Gasteiger partial charge in [-0.2, -0.15) is 0 Å². The Morgan fingerprint density at radius 3 is 2.70 bits per heavy atom. The summed E-state index contributed by atoms with van der Waals surface area (Å²) in [5, 5.41) is 6.27. The Kier molecular flexibility index (Phi) is 8.09. The van der Waals surface area contributed by atoms with Crippen LogP contribution in [0, 0.1) is 11.8 Å². The minimum absolute atomic E-state index is 0. The number of aromatic nitrogens is 1. The number of amides is 1. The summed E-state index contributed by atoms with van der Waals surface area (Å²) in [6.07, 6.45) is 4.33. The van der Waals surface area contributed by atoms with Gasteiger partial charge < -0.3 is 15.5 Å². The lowest BCUT2D eigenvalue weighted by Crippen LogP contribution is -2.49. The topological polar surface area (TPSA) is 57.3 Å². The minimum atomic E-state index is 0. The van der Waals surface area contributed by atoms with Crippen molar-refractivity contribution in [3.63, 3.8) is 0 Å². The molecule has 2 saturated heterocycles. The maximum atomic E-state index is 12.1. The molecule has 130 valence electrons. The number of nitrogens with one attached hydrogen (secondary N) is 2. The number of hydrogen-bond acceptors (Lipinski definition) is 4. The maximum absolute atomic E-state index is 12.1. The zero-order valence-electron chi connectivity index (χ0n) is 13.5. The Labute approximate surface area is 150 Å². The zero-order chi connectivity index (χ0) is 14.7. The van der Waals surface area contributed by atoms with Crippen LogP contribution in [0.2, 0.25) is 0 Å². The molecule has 5 nitrogen and oxygen atoms in total. The van der Waals surface area contributed by atoms with Gasteiger partial charge in [-0.1, -0.05) is 6.92 Å². The maximum Gasteiger partial charge on any atom is 0.223 e. The Morgan fingerprint density at radius 2 is 2.09 bits per heavy atom. The molecule has 0 radical (unpaired) electrons. The van der Waals surface area contributed by atoms with Gasteiger partial charge >= 0.3 is 0 Å². The molecule has 2 fully saturated rings. The molecule has 1 amide bonds. The number of hydrogen-bond donors (Lipinski definition) is 2. The van der Waals surface area contributed by atoms with E-state index < -0.39 is 0 Å². The van der Waals surface area contributed by atoms with Crippen LogP contribution in [0.1, 0.15) is 25.3 Å². The predicted molar refractivity (Wildman–Crippen MR) is 97.6 cm³/mol. The Balaban J connectivity index is 0.00000132. The Hall–Kier alpha value is -1.04. The van der Waals surface area contributed by atoms with Crippen molar-refractivity contribution in [3.05, 3.63) is 23.9 Å². The molecule has 2 aliphatic rings. The van der Waals surface area contributed by atoms with E-state index in [1.54, 1.807) is 0 Å². The van der Waals surface area contributed by atoms with E-state index in [9.17, 15) is 4.79 Å². The number of rotatable bonds is 5. The molecule has 0 bridgehead atoms. The van der Waals surface area contributed by atoms with Gasteiger partial charge in [0.1, 0.15) is 5.82 Å². The van der Waals surface area contributed by atoms with E-state index in [-0.39, 0.29) is 36.6 Å². The van der Waals surface area contributed by atoms with Gasteiger partial charge in [0.2, 0.25) is 5.91 Å². The van der Waals surface area contributed by atoms with Gasteiger partial charge in [0.05, 0.1) is 0 Å². The fraction of sp³-hybridized carbons (Fsp3) is 0.625. The third-order valence-electron chi connectivity index (χ3n) is 4.64. The molecular weight excluding hydrogens is 335 g/mol. The number of pyridine rings is 1. The van der Waals surface area contributed by atoms with Crippen molar-refractivity contribution in [3.8, 4) is 0 Å². The standard InChI is InChI=1S/C16H24N4O.2ClH/c1-12(14-10-17-11-14)16(21)19-9-13-4-5-18-15(8-13)20-6-2-3-7-20;;/h4-5,8,12,14,17H,2-3,6-7,9-11H2,1H3,(H,19,21);2*1H. The first-order chi connectivity index (χ1) is 10.2. The molecule has 2 N–H and O–H groups in total. The molecule has 2 aliphatic heterocycles. The van der Waals surface area contributed by atoms with Gasteiger partial charge in [-0.15, -0.1) is 24.8 Å². The summed E-state index contributed by atoms with van der Waals surface area (Å²) in [6.45, 7) is 6.71. The first kappa shape index (κ1) is 20.0. The van der Waals surface area contributed by atoms with Gasteiger partial charge in [0.15, 0.2) is 0 Å². The van der Waals surface area contributed by atoms with Gasteiger partial charge in [-0.3, -0.25) is 4.79 Å². The lowest BCUT2D eigenvalue weighted by Gasteiger charge is -2.31. The summed E-state index contributed by atoms with van der Waals surface area (Å²) >= 11 is 0. The van der Waals surface area contributed by atoms with Crippen LogP contribution >= 0.6 is 24.8 Å². The van der Waals surface area contributed by atoms with E-state index in [1.807, 2.05) is 19.2 Å². The summed E-state index contributed by atoms with van der Waals surface area (Å²) in [4.78, 5) is 18.9. The van der Waals surface area contributed by atoms with E-state index >= 15 is 0 Å². The summed E-state index contributed by atoms with van der Waals surface area (Å²) in [5.74, 6) is 1.77. The largest absolute Gasteiger partial charge is 0.357 e. The highest BCUT2D eigenvalue weighted by atomic mass is 35.5. The van der Waals surface area contributed by atoms with E-state index in [2.05, 4.69) is 26.6 Å². The Bertz CT molecular complexity index is 505. The van der Waals surface area contributed by atoms with Crippen molar-refractivity contribution in [1.82, 2.24) is 15.6 Å². The molecule has 1 unspecified atom stereocenters. The van der Waals surface area contributed by atoms with Crippen molar-refractivity contribution in [2.75, 3.05) is 31.1 Å². The lowest BCUT2D eigenvalue weighted by molar-refractivity contribution is -0.126. The number of nitrogens with zero attached hydrogens (tertiary/aromatic N) is 2. The van der Waals surface area contributed by atoms with E-state index in [0.717, 1.165) is 37.6 Å². The van der Waals surface area contributed by atoms with Gasteiger partial charge in [-0.05, 0) is 49.5 Å². The van der Waals surface area contributed by atoms with Crippen molar-refractivity contribution in [2.45, 2.75) is 26.3 Å². The molecule has 1 atom stereocenters. The van der Waals surface area contributed by atoms with Gasteiger partial charge in [0, 0.05) is 31.7 Å². The second kappa shape index (κ2) is 9.30. The molecule has 3 heterocycles. The fourth-order valence-corrected chi connectivity index (χ4v) is 2.92. The van der Waals surface area contributed by atoms with Crippen LogP contribution in [-0.4, -0.2) is 37.1 Å². The highest BCUT2D eigenvalue weighted by Crippen LogP contribution is 2.19. The van der Waals surface area contributed by atoms with Crippen LogP contribution in [0.25, 0.3) is 0 Å². The van der Waals surface area contributed by atoms with Crippen LogP contribution in [0.15, 0.2) is 18.3 Å². The van der Waals surface area contributed by atoms with E-state index in [1.165, 1.54) is 12.8 Å². The molecule has 7 heteroatoms. The summed E-state index contributed by atoms with van der Waals surface area (Å²) in [7, 11) is 0. The molecule has 0 spiro atoms. The fourth-order valence-electron chi connectivity index (χ4n) is 2.92. The average Bonchev–Trinajstić information content (AvgIpc) is 2.97. The van der Waals surface area contributed by atoms with Crippen molar-refractivity contribution < 1.29 is 4.79 Å². The third-order valence-corrected chi connectivity index (χ3v) is 4.64. The van der Waals surface area contributed by atoms with Gasteiger partial charge in [-0.25, -0.2) is 4.98 Å². The SMILES string of the molecule is CC(C(=O)NCc1ccnc(N2CCCC2)c1)C1CNC1.Cl.Cl. The number of halogens is 2. The highest BCUT2D eigenvalue weighted by molar-refractivity contribution is 5.85. The summed E-state index contributed by atoms with van der Waals surface area (Å²) < 4.78 is 0. The molecular formula is C16H26Cl2N4O. The van der Waals surface area contributed by atoms with Crippen molar-refractivity contribution in [2.24, 2.45) is 11.8 Å². The smallest absolute Gasteiger partial charge is 0.223 e. The number of anilines is 1. The van der Waals surface area contributed by atoms with Crippen LogP contribution < -0.4 is 15.5 Å². The normalized spacial score (nSPS) is 18.4. The highest BCUT2D eigenvalue weighted by Gasteiger charge is 2.28. The quantitative estimate of drug-likeness (QED) is 0.842. The van der Waals surface area contributed by atoms with E-state index in [4.69, 9.17) is 0 Å². The Morgan fingerprint density at radius 1 is 1.39 bits per heavy atom. The predicted octanol–water partition coefficient (Wildman–Crippen LogP) is 2.00. The number of carbonyl (C=O) groups excluding carboxylic acids is 1. The molecule has 0 aromatic carbocycles. The van der Waals surface area contributed by atoms with E-state index in [0.29, 0.717) is 12.5 Å². The van der Waals surface area contributed by atoms with Crippen LogP contribution in [0.5, 0.6) is 0 Å². The summed E-state index contributed by atoms with van der Waals surface area (Å²) in [5.41, 5.74) is 1.12. The van der Waals surface area contributed by atoms with Crippen LogP contribution in [0.4, 0.5) is 5.82 Å². The number of carbonyl (C=O) groups is 1. The molecule has 23 heavy (non-hydrogen) atoms. The first-order valence-electron chi connectivity index (χ1n) is 7.92. The monoisotopic (exact) mass is 360 g/mol. The molecule has 3 rings (SSSR count). The van der Waals surface area contributed by atoms with Crippen LogP contribution in [-0.2, 0) is 11.3 Å². The van der Waals surface area contributed by atoms with Gasteiger partial charge in [0.25, 0.3) is 0 Å². The van der Waals surface area contributed by atoms with Crippen molar-refractivity contribution in [1.29, 1.82) is 0 Å². The lowest BCUT2D eigenvalue weighted by atomic mass is 9.88. The minimum Gasteiger partial charge on any atom is -0.357 e. The summed E-state index contributed by atoms with van der Waals surface area (Å²) in [6, 6.07) is 4.08. The third kappa shape index (κ3) is 4.96.